The highest BCUT2D eigenvalue weighted by atomic mass is 19.3. The van der Waals surface area contributed by atoms with Gasteiger partial charge in [-0.1, -0.05) is 20.8 Å². The van der Waals surface area contributed by atoms with E-state index >= 15 is 0 Å². The lowest BCUT2D eigenvalue weighted by Crippen LogP contribution is -2.29. The molecular weight excluding hydrogens is 224 g/mol. The first kappa shape index (κ1) is 14.1. The van der Waals surface area contributed by atoms with Crippen LogP contribution in [0.15, 0.2) is 11.8 Å². The van der Waals surface area contributed by atoms with Crippen molar-refractivity contribution in [3.05, 3.63) is 11.8 Å². The van der Waals surface area contributed by atoms with Crippen LogP contribution < -0.4 is 0 Å². The van der Waals surface area contributed by atoms with Crippen LogP contribution in [0.1, 0.15) is 34.1 Å². The van der Waals surface area contributed by atoms with Gasteiger partial charge in [-0.2, -0.15) is 0 Å². The summed E-state index contributed by atoms with van der Waals surface area (Å²) in [7, 11) is 0. The standard InChI is InChI=1S/C13H22F2NO/c1-5-13(14,15)9-17-12-6-7-16(8-12)11(4)10(2)3/h6-7,10-11H,5,8-9H2,1-4H3/q+1. The zero-order valence-electron chi connectivity index (χ0n) is 11.0. The second-order valence-corrected chi connectivity index (χ2v) is 4.94. The number of hydrogen-bond acceptors (Lipinski definition) is 1. The highest BCUT2D eigenvalue weighted by Gasteiger charge is 2.30. The molecule has 0 aromatic carbocycles. The molecule has 1 rings (SSSR count). The minimum atomic E-state index is -2.72. The average molecular weight is 246 g/mol. The Morgan fingerprint density at radius 1 is 1.41 bits per heavy atom. The van der Waals surface area contributed by atoms with E-state index in [0.29, 0.717) is 24.3 Å². The largest absolute Gasteiger partial charge is 0.485 e. The normalized spacial score (nSPS) is 18.1. The number of hydrogen-bond donors (Lipinski definition) is 0. The second kappa shape index (κ2) is 5.61. The van der Waals surface area contributed by atoms with Gasteiger partial charge in [-0.05, 0) is 6.92 Å². The molecule has 1 aliphatic rings. The van der Waals surface area contributed by atoms with Crippen LogP contribution >= 0.6 is 0 Å². The summed E-state index contributed by atoms with van der Waals surface area (Å²) >= 11 is 0. The molecule has 4 heteroatoms. The first-order chi connectivity index (χ1) is 7.85. The van der Waals surface area contributed by atoms with Gasteiger partial charge in [0.05, 0.1) is 0 Å². The molecule has 0 amide bonds. The fourth-order valence-corrected chi connectivity index (χ4v) is 1.52. The molecule has 0 spiro atoms. The molecular formula is C13H22F2NO+. The zero-order valence-corrected chi connectivity index (χ0v) is 11.0. The average Bonchev–Trinajstić information content (AvgIpc) is 2.74. The Labute approximate surface area is 102 Å². The summed E-state index contributed by atoms with van der Waals surface area (Å²) in [6.07, 6.45) is 3.52. The number of rotatable bonds is 6. The minimum Gasteiger partial charge on any atom is -0.485 e. The van der Waals surface area contributed by atoms with Crippen molar-refractivity contribution in [3.8, 4) is 0 Å². The smallest absolute Gasteiger partial charge is 0.281 e. The maximum absolute atomic E-state index is 13.0. The van der Waals surface area contributed by atoms with E-state index in [1.165, 1.54) is 6.92 Å². The molecule has 17 heavy (non-hydrogen) atoms. The van der Waals surface area contributed by atoms with E-state index < -0.39 is 12.5 Å². The summed E-state index contributed by atoms with van der Waals surface area (Å²) in [6.45, 7) is 7.95. The van der Waals surface area contributed by atoms with Crippen LogP contribution in [0.4, 0.5) is 8.78 Å². The first-order valence-electron chi connectivity index (χ1n) is 6.16. The van der Waals surface area contributed by atoms with E-state index in [1.807, 2.05) is 6.21 Å². The number of ether oxygens (including phenoxy) is 1. The summed E-state index contributed by atoms with van der Waals surface area (Å²) < 4.78 is 33.3. The molecule has 1 unspecified atom stereocenters. The summed E-state index contributed by atoms with van der Waals surface area (Å²) in [6, 6.07) is 0.388. The molecule has 0 aromatic rings. The zero-order chi connectivity index (χ0) is 13.1. The number of halogens is 2. The van der Waals surface area contributed by atoms with Gasteiger partial charge in [0.15, 0.2) is 31.2 Å². The van der Waals surface area contributed by atoms with Gasteiger partial charge in [-0.15, -0.1) is 0 Å². The molecule has 0 aliphatic carbocycles. The predicted octanol–water partition coefficient (Wildman–Crippen LogP) is 3.07. The molecule has 0 bridgehead atoms. The molecule has 98 valence electrons. The van der Waals surface area contributed by atoms with Gasteiger partial charge in [-0.3, -0.25) is 0 Å². The summed E-state index contributed by atoms with van der Waals surface area (Å²) in [4.78, 5) is 0. The highest BCUT2D eigenvalue weighted by molar-refractivity contribution is 5.68. The molecule has 0 saturated heterocycles. The van der Waals surface area contributed by atoms with Gasteiger partial charge in [0.2, 0.25) is 0 Å². The van der Waals surface area contributed by atoms with E-state index in [2.05, 4.69) is 25.3 Å². The van der Waals surface area contributed by atoms with E-state index in [1.54, 1.807) is 6.08 Å². The van der Waals surface area contributed by atoms with E-state index in [0.717, 1.165) is 0 Å². The van der Waals surface area contributed by atoms with E-state index in [4.69, 9.17) is 4.74 Å². The van der Waals surface area contributed by atoms with E-state index in [9.17, 15) is 8.78 Å². The molecule has 1 aliphatic heterocycles. The van der Waals surface area contributed by atoms with Gasteiger partial charge >= 0.3 is 0 Å². The van der Waals surface area contributed by atoms with Crippen molar-refractivity contribution in [1.29, 1.82) is 0 Å². The quantitative estimate of drug-likeness (QED) is 0.656. The Hall–Kier alpha value is -0.930. The fraction of sp³-hybridized carbons (Fsp3) is 0.769. The number of allylic oxidation sites excluding steroid dienone is 1. The lowest BCUT2D eigenvalue weighted by molar-refractivity contribution is -0.557. The maximum atomic E-state index is 13.0. The fourth-order valence-electron chi connectivity index (χ4n) is 1.52. The SMILES string of the molecule is CCC(F)(F)COC1=CC=[N+](C(C)C(C)C)C1. The van der Waals surface area contributed by atoms with Crippen LogP contribution in [0.3, 0.4) is 0 Å². The monoisotopic (exact) mass is 246 g/mol. The number of nitrogens with zero attached hydrogens (tertiary/aromatic N) is 1. The molecule has 2 nitrogen and oxygen atoms in total. The maximum Gasteiger partial charge on any atom is 0.281 e. The molecule has 0 saturated carbocycles. The van der Waals surface area contributed by atoms with Crippen LogP contribution in [0.2, 0.25) is 0 Å². The Balaban J connectivity index is 2.39. The van der Waals surface area contributed by atoms with Gasteiger partial charge in [0, 0.05) is 18.4 Å². The van der Waals surface area contributed by atoms with Crippen molar-refractivity contribution in [2.45, 2.75) is 46.1 Å². The summed E-state index contributed by atoms with van der Waals surface area (Å²) in [5.41, 5.74) is 0. The Morgan fingerprint density at radius 2 is 2.06 bits per heavy atom. The van der Waals surface area contributed by atoms with Crippen molar-refractivity contribution in [3.63, 3.8) is 0 Å². The van der Waals surface area contributed by atoms with Crippen molar-refractivity contribution < 1.29 is 18.1 Å². The van der Waals surface area contributed by atoms with Gasteiger partial charge in [0.25, 0.3) is 5.92 Å². The van der Waals surface area contributed by atoms with Gasteiger partial charge < -0.3 is 4.74 Å². The lowest BCUT2D eigenvalue weighted by Gasteiger charge is -2.16. The predicted molar refractivity (Wildman–Crippen MR) is 64.8 cm³/mol. The third kappa shape index (κ3) is 4.10. The van der Waals surface area contributed by atoms with Crippen molar-refractivity contribution in [2.75, 3.05) is 13.2 Å². The minimum absolute atomic E-state index is 0.184. The highest BCUT2D eigenvalue weighted by Crippen LogP contribution is 2.20. The van der Waals surface area contributed by atoms with Crippen molar-refractivity contribution >= 4 is 6.21 Å². The third-order valence-corrected chi connectivity index (χ3v) is 3.26. The first-order valence-corrected chi connectivity index (χ1v) is 6.16. The van der Waals surface area contributed by atoms with E-state index in [-0.39, 0.29) is 6.42 Å². The molecule has 0 N–H and O–H groups in total. The number of alkyl halides is 2. The Morgan fingerprint density at radius 3 is 2.59 bits per heavy atom. The van der Waals surface area contributed by atoms with Crippen LogP contribution in [-0.4, -0.2) is 35.9 Å². The Kier molecular flexibility index (Phi) is 4.66. The van der Waals surface area contributed by atoms with Crippen LogP contribution in [0, 0.1) is 5.92 Å². The molecule has 0 aromatic heterocycles. The van der Waals surface area contributed by atoms with Crippen LogP contribution in [-0.2, 0) is 4.74 Å². The lowest BCUT2D eigenvalue weighted by atomic mass is 10.1. The molecule has 0 radical (unpaired) electrons. The Bertz CT molecular complexity index is 321. The van der Waals surface area contributed by atoms with Crippen LogP contribution in [0.5, 0.6) is 0 Å². The van der Waals surface area contributed by atoms with Crippen LogP contribution in [0.25, 0.3) is 0 Å². The van der Waals surface area contributed by atoms with Gasteiger partial charge in [0.1, 0.15) is 0 Å². The summed E-state index contributed by atoms with van der Waals surface area (Å²) in [5, 5.41) is 0. The second-order valence-electron chi connectivity index (χ2n) is 4.94. The molecule has 1 heterocycles. The molecule has 1 atom stereocenters. The summed E-state index contributed by atoms with van der Waals surface area (Å²) in [5.74, 6) is -1.57. The topological polar surface area (TPSA) is 12.2 Å². The molecule has 0 fully saturated rings. The van der Waals surface area contributed by atoms with Gasteiger partial charge in [-0.25, -0.2) is 13.4 Å². The van der Waals surface area contributed by atoms with Crippen molar-refractivity contribution in [2.24, 2.45) is 5.92 Å². The van der Waals surface area contributed by atoms with Crippen molar-refractivity contribution in [1.82, 2.24) is 0 Å². The third-order valence-electron chi connectivity index (χ3n) is 3.26.